The number of anilines is 1. The lowest BCUT2D eigenvalue weighted by Gasteiger charge is -2.11. The number of nitrogen functional groups attached to an aromatic ring is 1. The van der Waals surface area contributed by atoms with Crippen molar-refractivity contribution in [2.24, 2.45) is 0 Å². The van der Waals surface area contributed by atoms with E-state index in [1.807, 2.05) is 42.1 Å². The van der Waals surface area contributed by atoms with E-state index in [4.69, 9.17) is 10.5 Å². The van der Waals surface area contributed by atoms with Crippen molar-refractivity contribution in [2.75, 3.05) is 5.73 Å². The number of aromatic nitrogens is 2. The Kier molecular flexibility index (Phi) is 2.91. The van der Waals surface area contributed by atoms with E-state index in [1.54, 1.807) is 11.3 Å². The number of benzene rings is 1. The summed E-state index contributed by atoms with van der Waals surface area (Å²) in [5.41, 5.74) is 9.78. The smallest absolute Gasteiger partial charge is 0.193 e. The zero-order valence-electron chi connectivity index (χ0n) is 10.9. The molecule has 0 atom stereocenters. The third-order valence-electron chi connectivity index (χ3n) is 2.96. The Bertz CT molecular complexity index is 678. The highest BCUT2D eigenvalue weighted by atomic mass is 32.1. The van der Waals surface area contributed by atoms with Gasteiger partial charge in [0.25, 0.3) is 0 Å². The Labute approximate surface area is 115 Å². The van der Waals surface area contributed by atoms with Crippen LogP contribution >= 0.6 is 11.3 Å². The SMILES string of the molecule is Cc1cc(C)c(OCc2cn3ccsc3n2)c(N)c1. The zero-order valence-corrected chi connectivity index (χ0v) is 11.7. The fraction of sp³-hybridized carbons (Fsp3) is 0.214. The van der Waals surface area contributed by atoms with Gasteiger partial charge in [-0.15, -0.1) is 11.3 Å². The molecule has 0 radical (unpaired) electrons. The summed E-state index contributed by atoms with van der Waals surface area (Å²) in [5, 5.41) is 2.01. The van der Waals surface area contributed by atoms with E-state index in [-0.39, 0.29) is 0 Å². The minimum Gasteiger partial charge on any atom is -0.485 e. The van der Waals surface area contributed by atoms with Crippen LogP contribution in [0.4, 0.5) is 5.69 Å². The first-order valence-corrected chi connectivity index (χ1v) is 6.92. The predicted octanol–water partition coefficient (Wildman–Crippen LogP) is 3.17. The predicted molar refractivity (Wildman–Crippen MR) is 77.7 cm³/mol. The number of ether oxygens (including phenoxy) is 1. The molecule has 0 fully saturated rings. The Hall–Kier alpha value is -2.01. The van der Waals surface area contributed by atoms with Crippen molar-refractivity contribution in [1.29, 1.82) is 0 Å². The summed E-state index contributed by atoms with van der Waals surface area (Å²) in [6.07, 6.45) is 3.97. The fourth-order valence-electron chi connectivity index (χ4n) is 2.18. The van der Waals surface area contributed by atoms with Gasteiger partial charge in [-0.2, -0.15) is 0 Å². The lowest BCUT2D eigenvalue weighted by Crippen LogP contribution is -2.01. The van der Waals surface area contributed by atoms with Crippen molar-refractivity contribution in [2.45, 2.75) is 20.5 Å². The molecule has 5 heteroatoms. The first-order chi connectivity index (χ1) is 9.13. The Morgan fingerprint density at radius 2 is 2.21 bits per heavy atom. The molecule has 0 aliphatic heterocycles. The molecule has 2 heterocycles. The van der Waals surface area contributed by atoms with Crippen molar-refractivity contribution in [1.82, 2.24) is 9.38 Å². The van der Waals surface area contributed by atoms with Gasteiger partial charge in [0.1, 0.15) is 12.4 Å². The molecular weight excluding hydrogens is 258 g/mol. The van der Waals surface area contributed by atoms with Crippen LogP contribution in [0.3, 0.4) is 0 Å². The van der Waals surface area contributed by atoms with Crippen LogP contribution in [-0.2, 0) is 6.61 Å². The molecular formula is C14H15N3OS. The summed E-state index contributed by atoms with van der Waals surface area (Å²) in [5.74, 6) is 0.752. The monoisotopic (exact) mass is 273 g/mol. The van der Waals surface area contributed by atoms with Gasteiger partial charge in [-0.3, -0.25) is 4.40 Å². The maximum atomic E-state index is 5.99. The highest BCUT2D eigenvalue weighted by molar-refractivity contribution is 7.15. The van der Waals surface area contributed by atoms with Crippen molar-refractivity contribution in [3.8, 4) is 5.75 Å². The van der Waals surface area contributed by atoms with Crippen molar-refractivity contribution >= 4 is 22.0 Å². The molecule has 98 valence electrons. The van der Waals surface area contributed by atoms with Gasteiger partial charge in [-0.05, 0) is 31.0 Å². The number of imidazole rings is 1. The van der Waals surface area contributed by atoms with Crippen LogP contribution in [0.25, 0.3) is 4.96 Å². The second kappa shape index (κ2) is 4.59. The number of rotatable bonds is 3. The minimum atomic E-state index is 0.433. The lowest BCUT2D eigenvalue weighted by molar-refractivity contribution is 0.301. The van der Waals surface area contributed by atoms with Crippen molar-refractivity contribution in [3.63, 3.8) is 0 Å². The summed E-state index contributed by atoms with van der Waals surface area (Å²) in [6, 6.07) is 3.99. The normalized spacial score (nSPS) is 11.1. The van der Waals surface area contributed by atoms with Crippen LogP contribution in [0, 0.1) is 13.8 Å². The number of nitrogens with zero attached hydrogens (tertiary/aromatic N) is 2. The first kappa shape index (κ1) is 12.0. The van der Waals surface area contributed by atoms with Gasteiger partial charge in [0, 0.05) is 17.8 Å². The Balaban J connectivity index is 1.81. The molecule has 3 rings (SSSR count). The molecule has 0 amide bonds. The van der Waals surface area contributed by atoms with Crippen LogP contribution in [0.15, 0.2) is 29.9 Å². The summed E-state index contributed by atoms with van der Waals surface area (Å²) in [4.78, 5) is 5.46. The molecule has 0 spiro atoms. The van der Waals surface area contributed by atoms with Crippen LogP contribution in [0.1, 0.15) is 16.8 Å². The molecule has 2 aromatic heterocycles. The third kappa shape index (κ3) is 2.29. The van der Waals surface area contributed by atoms with Gasteiger partial charge in [0.2, 0.25) is 0 Å². The molecule has 0 unspecified atom stereocenters. The standard InChI is InChI=1S/C14H15N3OS/c1-9-5-10(2)13(12(15)6-9)18-8-11-7-17-3-4-19-14(17)16-11/h3-7H,8,15H2,1-2H3. The summed E-state index contributed by atoms with van der Waals surface area (Å²) in [6.45, 7) is 4.46. The van der Waals surface area contributed by atoms with Crippen molar-refractivity contribution in [3.05, 3.63) is 46.7 Å². The highest BCUT2D eigenvalue weighted by Crippen LogP contribution is 2.28. The number of hydrogen-bond acceptors (Lipinski definition) is 4. The number of fused-ring (bicyclic) bond motifs is 1. The maximum absolute atomic E-state index is 5.99. The van der Waals surface area contributed by atoms with Gasteiger partial charge >= 0.3 is 0 Å². The number of nitrogens with two attached hydrogens (primary N) is 1. The van der Waals surface area contributed by atoms with E-state index in [0.717, 1.165) is 27.5 Å². The number of aryl methyl sites for hydroxylation is 2. The number of thiazole rings is 1. The molecule has 2 N–H and O–H groups in total. The summed E-state index contributed by atoms with van der Waals surface area (Å²) >= 11 is 1.61. The van der Waals surface area contributed by atoms with Crippen LogP contribution < -0.4 is 10.5 Å². The maximum Gasteiger partial charge on any atom is 0.193 e. The summed E-state index contributed by atoms with van der Waals surface area (Å²) in [7, 11) is 0. The van der Waals surface area contributed by atoms with Gasteiger partial charge in [0.15, 0.2) is 4.96 Å². The molecule has 0 aliphatic rings. The first-order valence-electron chi connectivity index (χ1n) is 6.04. The van der Waals surface area contributed by atoms with Gasteiger partial charge < -0.3 is 10.5 Å². The average molecular weight is 273 g/mol. The quantitative estimate of drug-likeness (QED) is 0.746. The zero-order chi connectivity index (χ0) is 13.4. The molecule has 4 nitrogen and oxygen atoms in total. The lowest BCUT2D eigenvalue weighted by atomic mass is 10.1. The minimum absolute atomic E-state index is 0.433. The molecule has 0 saturated heterocycles. The van der Waals surface area contributed by atoms with E-state index >= 15 is 0 Å². The van der Waals surface area contributed by atoms with Crippen molar-refractivity contribution < 1.29 is 4.74 Å². The van der Waals surface area contributed by atoms with Crippen LogP contribution in [0.2, 0.25) is 0 Å². The number of hydrogen-bond donors (Lipinski definition) is 1. The van der Waals surface area contributed by atoms with Gasteiger partial charge in [-0.25, -0.2) is 4.98 Å². The topological polar surface area (TPSA) is 52.5 Å². The average Bonchev–Trinajstić information content (AvgIpc) is 2.87. The second-order valence-corrected chi connectivity index (χ2v) is 5.49. The van der Waals surface area contributed by atoms with E-state index in [0.29, 0.717) is 12.3 Å². The highest BCUT2D eigenvalue weighted by Gasteiger charge is 2.08. The molecule has 0 saturated carbocycles. The second-order valence-electron chi connectivity index (χ2n) is 4.61. The Morgan fingerprint density at radius 1 is 1.37 bits per heavy atom. The van der Waals surface area contributed by atoms with Crippen LogP contribution in [0.5, 0.6) is 5.75 Å². The fourth-order valence-corrected chi connectivity index (χ4v) is 2.90. The Morgan fingerprint density at radius 3 is 2.95 bits per heavy atom. The molecule has 1 aromatic carbocycles. The molecule has 0 bridgehead atoms. The summed E-state index contributed by atoms with van der Waals surface area (Å²) < 4.78 is 7.81. The van der Waals surface area contributed by atoms with Crippen LogP contribution in [-0.4, -0.2) is 9.38 Å². The molecule has 3 aromatic rings. The molecule has 0 aliphatic carbocycles. The third-order valence-corrected chi connectivity index (χ3v) is 3.73. The largest absolute Gasteiger partial charge is 0.485 e. The van der Waals surface area contributed by atoms with E-state index in [1.165, 1.54) is 0 Å². The van der Waals surface area contributed by atoms with E-state index in [2.05, 4.69) is 11.1 Å². The van der Waals surface area contributed by atoms with E-state index in [9.17, 15) is 0 Å². The van der Waals surface area contributed by atoms with Gasteiger partial charge in [0.05, 0.1) is 11.4 Å². The van der Waals surface area contributed by atoms with E-state index < -0.39 is 0 Å². The van der Waals surface area contributed by atoms with Gasteiger partial charge in [-0.1, -0.05) is 6.07 Å². The molecule has 19 heavy (non-hydrogen) atoms.